The van der Waals surface area contributed by atoms with Crippen LogP contribution in [0.2, 0.25) is 5.02 Å². The Hall–Kier alpha value is -4.57. The number of methoxy groups -OCH3 is 1. The summed E-state index contributed by atoms with van der Waals surface area (Å²) < 4.78 is 13.5. The van der Waals surface area contributed by atoms with Gasteiger partial charge in [0.25, 0.3) is 0 Å². The van der Waals surface area contributed by atoms with Crippen molar-refractivity contribution >= 4 is 34.8 Å². The van der Waals surface area contributed by atoms with Crippen LogP contribution in [-0.2, 0) is 16.0 Å². The van der Waals surface area contributed by atoms with Crippen LogP contribution in [0.15, 0.2) is 61.4 Å². The number of halogens is 1. The summed E-state index contributed by atoms with van der Waals surface area (Å²) >= 11 is 6.13. The molecular formula is C30H30ClN5O5. The highest BCUT2D eigenvalue weighted by atomic mass is 35.5. The number of amides is 1. The van der Waals surface area contributed by atoms with Crippen molar-refractivity contribution in [1.29, 1.82) is 0 Å². The fourth-order valence-electron chi connectivity index (χ4n) is 5.49. The number of hydrogen-bond acceptors (Lipinski definition) is 7. The number of nitrogens with two attached hydrogens (primary N) is 1. The molecule has 1 atom stereocenters. The van der Waals surface area contributed by atoms with Gasteiger partial charge in [0.15, 0.2) is 17.3 Å². The van der Waals surface area contributed by atoms with Crippen molar-refractivity contribution in [2.45, 2.75) is 31.6 Å². The number of ether oxygens (including phenoxy) is 2. The van der Waals surface area contributed by atoms with Gasteiger partial charge in [0.1, 0.15) is 17.6 Å². The Morgan fingerprint density at radius 3 is 2.80 bits per heavy atom. The molecule has 4 aromatic rings. The third-order valence-electron chi connectivity index (χ3n) is 7.25. The first kappa shape index (κ1) is 28.0. The number of benzene rings is 2. The first-order chi connectivity index (χ1) is 19.8. The second-order valence-corrected chi connectivity index (χ2v) is 10.2. The van der Waals surface area contributed by atoms with Gasteiger partial charge >= 0.3 is 5.97 Å². The Morgan fingerprint density at radius 2 is 2.07 bits per heavy atom. The van der Waals surface area contributed by atoms with E-state index >= 15 is 0 Å². The average molecular weight is 576 g/mol. The van der Waals surface area contributed by atoms with Gasteiger partial charge in [-0.05, 0) is 66.8 Å². The van der Waals surface area contributed by atoms with E-state index in [1.807, 2.05) is 12.1 Å². The normalized spacial score (nSPS) is 15.1. The molecule has 41 heavy (non-hydrogen) atoms. The predicted octanol–water partition coefficient (Wildman–Crippen LogP) is 5.34. The van der Waals surface area contributed by atoms with E-state index in [4.69, 9.17) is 26.8 Å². The molecule has 0 radical (unpaired) electrons. The summed E-state index contributed by atoms with van der Waals surface area (Å²) in [5.74, 6) is 0.581. The van der Waals surface area contributed by atoms with Crippen LogP contribution in [0.3, 0.4) is 0 Å². The molecule has 1 unspecified atom stereocenters. The average Bonchev–Trinajstić information content (AvgIpc) is 3.31. The number of nitrogen functional groups attached to an aromatic ring is 1. The number of carboxylic acid groups (broad SMARTS) is 1. The summed E-state index contributed by atoms with van der Waals surface area (Å²) in [6.45, 7) is 4.72. The van der Waals surface area contributed by atoms with E-state index < -0.39 is 5.97 Å². The van der Waals surface area contributed by atoms with Crippen molar-refractivity contribution in [2.24, 2.45) is 0 Å². The van der Waals surface area contributed by atoms with E-state index in [-0.39, 0.29) is 30.5 Å². The van der Waals surface area contributed by atoms with E-state index in [1.54, 1.807) is 46.9 Å². The van der Waals surface area contributed by atoms with Gasteiger partial charge in [-0.15, -0.1) is 0 Å². The summed E-state index contributed by atoms with van der Waals surface area (Å²) in [4.78, 5) is 30.2. The number of carboxylic acids is 1. The van der Waals surface area contributed by atoms with Gasteiger partial charge in [-0.3, -0.25) is 9.59 Å². The third-order valence-corrected chi connectivity index (χ3v) is 7.49. The highest BCUT2D eigenvalue weighted by molar-refractivity contribution is 6.30. The molecule has 3 heterocycles. The minimum absolute atomic E-state index is 0.0978. The molecule has 5 rings (SSSR count). The number of carbonyl (C=O) groups excluding carboxylic acids is 1. The van der Waals surface area contributed by atoms with Crippen LogP contribution in [0.4, 0.5) is 5.82 Å². The van der Waals surface area contributed by atoms with Crippen molar-refractivity contribution in [3.8, 4) is 28.4 Å². The lowest BCUT2D eigenvalue weighted by Gasteiger charge is -2.32. The lowest BCUT2D eigenvalue weighted by Crippen LogP contribution is -2.38. The lowest BCUT2D eigenvalue weighted by atomic mass is 9.88. The van der Waals surface area contributed by atoms with Crippen LogP contribution in [0, 0.1) is 0 Å². The molecular weight excluding hydrogens is 546 g/mol. The molecule has 1 aliphatic heterocycles. The van der Waals surface area contributed by atoms with E-state index in [2.05, 4.69) is 16.7 Å². The van der Waals surface area contributed by atoms with Crippen molar-refractivity contribution in [3.63, 3.8) is 0 Å². The predicted molar refractivity (Wildman–Crippen MR) is 156 cm³/mol. The summed E-state index contributed by atoms with van der Waals surface area (Å²) in [7, 11) is 1.54. The summed E-state index contributed by atoms with van der Waals surface area (Å²) in [6.07, 6.45) is 4.42. The van der Waals surface area contributed by atoms with Crippen LogP contribution < -0.4 is 15.2 Å². The van der Waals surface area contributed by atoms with E-state index in [0.29, 0.717) is 40.9 Å². The first-order valence-corrected chi connectivity index (χ1v) is 13.6. The zero-order valence-corrected chi connectivity index (χ0v) is 23.3. The number of likely N-dealkylation sites (tertiary alicyclic amines) is 1. The number of nitrogens with zero attached hydrogens (tertiary/aromatic N) is 4. The highest BCUT2D eigenvalue weighted by Crippen LogP contribution is 2.44. The fraction of sp³-hybridized carbons (Fsp3) is 0.267. The molecule has 10 nitrogen and oxygen atoms in total. The number of carbonyl (C=O) groups is 2. The third kappa shape index (κ3) is 5.69. The SMILES string of the molecule is C=CC(=O)N1CCCC(c2c(CCC(=O)O)c(-c3ccc(Oc4cccc(Cl)c4)c(OC)c3)c3c(N)ncnn23)C1. The number of anilines is 1. The maximum Gasteiger partial charge on any atom is 0.303 e. The molecule has 3 N–H and O–H groups in total. The molecule has 0 spiro atoms. The molecule has 2 aromatic heterocycles. The van der Waals surface area contributed by atoms with Gasteiger partial charge in [0, 0.05) is 36.0 Å². The quantitative estimate of drug-likeness (QED) is 0.255. The van der Waals surface area contributed by atoms with Crippen molar-refractivity contribution in [1.82, 2.24) is 19.5 Å². The Bertz CT molecular complexity index is 1640. The molecule has 1 aliphatic rings. The van der Waals surface area contributed by atoms with E-state index in [1.165, 1.54) is 12.4 Å². The van der Waals surface area contributed by atoms with Crippen LogP contribution in [0.25, 0.3) is 16.6 Å². The lowest BCUT2D eigenvalue weighted by molar-refractivity contribution is -0.137. The number of aromatic nitrogens is 3. The van der Waals surface area contributed by atoms with Gasteiger partial charge in [0.2, 0.25) is 5.91 Å². The topological polar surface area (TPSA) is 132 Å². The largest absolute Gasteiger partial charge is 0.493 e. The highest BCUT2D eigenvalue weighted by Gasteiger charge is 2.32. The maximum atomic E-state index is 12.5. The van der Waals surface area contributed by atoms with Crippen LogP contribution >= 0.6 is 11.6 Å². The monoisotopic (exact) mass is 575 g/mol. The minimum atomic E-state index is -0.925. The van der Waals surface area contributed by atoms with Gasteiger partial charge in [-0.2, -0.15) is 5.10 Å². The maximum absolute atomic E-state index is 12.5. The van der Waals surface area contributed by atoms with E-state index in [9.17, 15) is 14.7 Å². The minimum Gasteiger partial charge on any atom is -0.493 e. The molecule has 0 aliphatic carbocycles. The molecule has 212 valence electrons. The summed E-state index contributed by atoms with van der Waals surface area (Å²) in [6, 6.07) is 12.5. The van der Waals surface area contributed by atoms with Gasteiger partial charge in [0.05, 0.1) is 12.8 Å². The number of piperidine rings is 1. The smallest absolute Gasteiger partial charge is 0.303 e. The number of rotatable bonds is 9. The standard InChI is InChI=1S/C30H30ClN5O5/c1-3-25(37)35-13-5-6-19(16-35)28-22(10-12-26(38)39)27(29-30(32)33-17-34-36(28)29)18-9-11-23(24(14-18)40-2)41-21-8-4-7-20(31)15-21/h3-4,7-9,11,14-15,17,19H,1,5-6,10,12-13,16H2,2H3,(H,38,39)(H2,32,33,34). The van der Waals surface area contributed by atoms with Crippen molar-refractivity contribution in [3.05, 3.63) is 77.7 Å². The van der Waals surface area contributed by atoms with E-state index in [0.717, 1.165) is 35.2 Å². The van der Waals surface area contributed by atoms with Crippen molar-refractivity contribution in [2.75, 3.05) is 25.9 Å². The molecule has 1 amide bonds. The molecule has 0 bridgehead atoms. The van der Waals surface area contributed by atoms with Crippen LogP contribution in [-0.4, -0.2) is 56.7 Å². The Labute approximate surface area is 242 Å². The Balaban J connectivity index is 1.67. The van der Waals surface area contributed by atoms with Crippen molar-refractivity contribution < 1.29 is 24.2 Å². The molecule has 11 heteroatoms. The number of fused-ring (bicyclic) bond motifs is 1. The fourth-order valence-corrected chi connectivity index (χ4v) is 5.67. The molecule has 0 saturated carbocycles. The number of hydrogen-bond donors (Lipinski definition) is 2. The first-order valence-electron chi connectivity index (χ1n) is 13.2. The van der Waals surface area contributed by atoms with Crippen LogP contribution in [0.1, 0.15) is 36.4 Å². The zero-order valence-electron chi connectivity index (χ0n) is 22.5. The second kappa shape index (κ2) is 11.9. The summed E-state index contributed by atoms with van der Waals surface area (Å²) in [5, 5.41) is 14.7. The second-order valence-electron chi connectivity index (χ2n) is 9.79. The summed E-state index contributed by atoms with van der Waals surface area (Å²) in [5.41, 5.74) is 10.1. The Kier molecular flexibility index (Phi) is 8.11. The van der Waals surface area contributed by atoms with Gasteiger partial charge < -0.3 is 25.2 Å². The van der Waals surface area contributed by atoms with Gasteiger partial charge in [-0.25, -0.2) is 9.50 Å². The zero-order chi connectivity index (χ0) is 29.1. The molecule has 1 fully saturated rings. The van der Waals surface area contributed by atoms with Crippen LogP contribution in [0.5, 0.6) is 17.2 Å². The molecule has 2 aromatic carbocycles. The Morgan fingerprint density at radius 1 is 1.24 bits per heavy atom. The molecule has 1 saturated heterocycles. The number of aliphatic carboxylic acids is 1. The van der Waals surface area contributed by atoms with Gasteiger partial charge in [-0.1, -0.05) is 30.3 Å².